The Kier molecular flexibility index (Phi) is 3.83. The van der Waals surface area contributed by atoms with Crippen LogP contribution in [0.2, 0.25) is 0 Å². The highest BCUT2D eigenvalue weighted by Gasteiger charge is 2.06. The van der Waals surface area contributed by atoms with Crippen LogP contribution in [-0.4, -0.2) is 11.5 Å². The number of rotatable bonds is 4. The van der Waals surface area contributed by atoms with Gasteiger partial charge in [-0.1, -0.05) is 19.1 Å². The van der Waals surface area contributed by atoms with E-state index in [1.807, 2.05) is 31.2 Å². The number of nitrogens with zero attached hydrogens (tertiary/aromatic N) is 1. The summed E-state index contributed by atoms with van der Waals surface area (Å²) < 4.78 is 13.3. The first kappa shape index (κ1) is 11.7. The lowest BCUT2D eigenvalue weighted by Crippen LogP contribution is -2.12. The maximum absolute atomic E-state index is 13.3. The molecule has 1 N–H and O–H groups in total. The molecule has 1 heterocycles. The van der Waals surface area contributed by atoms with E-state index < -0.39 is 0 Å². The van der Waals surface area contributed by atoms with Gasteiger partial charge in [-0.15, -0.1) is 0 Å². The Hall–Kier alpha value is -1.74. The molecule has 0 amide bonds. The molecule has 0 radical (unpaired) electrons. The average Bonchev–Trinajstić information content (AvgIpc) is 2.38. The van der Waals surface area contributed by atoms with Crippen LogP contribution < -0.4 is 5.32 Å². The lowest BCUT2D eigenvalue weighted by molar-refractivity contribution is 0.626. The van der Waals surface area contributed by atoms with Crippen molar-refractivity contribution < 1.29 is 4.39 Å². The Morgan fingerprint density at radius 1 is 1.24 bits per heavy atom. The van der Waals surface area contributed by atoms with Crippen molar-refractivity contribution in [3.05, 3.63) is 54.0 Å². The Morgan fingerprint density at radius 2 is 2.12 bits per heavy atom. The lowest BCUT2D eigenvalue weighted by atomic mass is 10.0. The monoisotopic (exact) mass is 230 g/mol. The largest absolute Gasteiger partial charge is 0.313 e. The summed E-state index contributed by atoms with van der Waals surface area (Å²) >= 11 is 0. The van der Waals surface area contributed by atoms with Crippen molar-refractivity contribution in [3.63, 3.8) is 0 Å². The second kappa shape index (κ2) is 5.55. The minimum absolute atomic E-state index is 0.231. The smallest absolute Gasteiger partial charge is 0.123 e. The summed E-state index contributed by atoms with van der Waals surface area (Å²) in [6.45, 7) is 3.66. The van der Waals surface area contributed by atoms with Gasteiger partial charge in [0, 0.05) is 18.3 Å². The van der Waals surface area contributed by atoms with Gasteiger partial charge >= 0.3 is 0 Å². The predicted octanol–water partition coefficient (Wildman–Crippen LogP) is 3.00. The Morgan fingerprint density at radius 3 is 2.82 bits per heavy atom. The van der Waals surface area contributed by atoms with Crippen LogP contribution in [0.3, 0.4) is 0 Å². The fourth-order valence-corrected chi connectivity index (χ4v) is 1.72. The molecule has 0 aliphatic rings. The number of benzene rings is 1. The maximum Gasteiger partial charge on any atom is 0.123 e. The van der Waals surface area contributed by atoms with Gasteiger partial charge in [0.25, 0.3) is 0 Å². The molecule has 88 valence electrons. The Labute approximate surface area is 101 Å². The fraction of sp³-hybridized carbons (Fsp3) is 0.214. The molecule has 0 saturated heterocycles. The van der Waals surface area contributed by atoms with Crippen molar-refractivity contribution in [2.45, 2.75) is 13.5 Å². The standard InChI is InChI=1S/C14H15FN2/c1-2-16-10-11-6-7-12(15)9-13(11)14-5-3-4-8-17-14/h3-9,16H,2,10H2,1H3. The van der Waals surface area contributed by atoms with Gasteiger partial charge in [-0.2, -0.15) is 0 Å². The van der Waals surface area contributed by atoms with E-state index in [9.17, 15) is 4.39 Å². The molecule has 3 heteroatoms. The summed E-state index contributed by atoms with van der Waals surface area (Å²) in [4.78, 5) is 4.26. The van der Waals surface area contributed by atoms with Crippen molar-refractivity contribution >= 4 is 0 Å². The van der Waals surface area contributed by atoms with E-state index in [0.717, 1.165) is 29.9 Å². The van der Waals surface area contributed by atoms with Gasteiger partial charge < -0.3 is 5.32 Å². The third-order valence-corrected chi connectivity index (χ3v) is 2.58. The molecule has 1 aromatic heterocycles. The summed E-state index contributed by atoms with van der Waals surface area (Å²) in [6.07, 6.45) is 1.72. The van der Waals surface area contributed by atoms with Gasteiger partial charge in [-0.25, -0.2) is 4.39 Å². The predicted molar refractivity (Wildman–Crippen MR) is 67.0 cm³/mol. The Balaban J connectivity index is 2.40. The number of halogens is 1. The first-order chi connectivity index (χ1) is 8.31. The summed E-state index contributed by atoms with van der Waals surface area (Å²) in [7, 11) is 0. The molecule has 0 unspecified atom stereocenters. The van der Waals surface area contributed by atoms with Crippen molar-refractivity contribution in [1.82, 2.24) is 10.3 Å². The molecule has 0 atom stereocenters. The van der Waals surface area contributed by atoms with Gasteiger partial charge in [-0.05, 0) is 36.4 Å². The third kappa shape index (κ3) is 2.88. The van der Waals surface area contributed by atoms with Gasteiger partial charge in [-0.3, -0.25) is 4.98 Å². The van der Waals surface area contributed by atoms with Crippen molar-refractivity contribution in [1.29, 1.82) is 0 Å². The zero-order valence-electron chi connectivity index (χ0n) is 9.78. The first-order valence-corrected chi connectivity index (χ1v) is 5.72. The number of nitrogens with one attached hydrogen (secondary N) is 1. The number of hydrogen-bond acceptors (Lipinski definition) is 2. The van der Waals surface area contributed by atoms with Crippen LogP contribution in [0.15, 0.2) is 42.6 Å². The highest BCUT2D eigenvalue weighted by molar-refractivity contribution is 5.63. The van der Waals surface area contributed by atoms with Crippen molar-refractivity contribution in [2.75, 3.05) is 6.54 Å². The summed E-state index contributed by atoms with van der Waals surface area (Å²) in [6, 6.07) is 10.5. The van der Waals surface area contributed by atoms with E-state index in [2.05, 4.69) is 10.3 Å². The van der Waals surface area contributed by atoms with Gasteiger partial charge in [0.2, 0.25) is 0 Å². The van der Waals surface area contributed by atoms with E-state index in [1.54, 1.807) is 6.20 Å². The molecule has 2 rings (SSSR count). The molecule has 0 bridgehead atoms. The first-order valence-electron chi connectivity index (χ1n) is 5.72. The summed E-state index contributed by atoms with van der Waals surface area (Å²) in [5, 5.41) is 3.24. The molecular weight excluding hydrogens is 215 g/mol. The highest BCUT2D eigenvalue weighted by atomic mass is 19.1. The molecule has 2 aromatic rings. The third-order valence-electron chi connectivity index (χ3n) is 2.58. The van der Waals surface area contributed by atoms with E-state index in [-0.39, 0.29) is 5.82 Å². The normalized spacial score (nSPS) is 10.5. The summed E-state index contributed by atoms with van der Waals surface area (Å²) in [5.41, 5.74) is 2.72. The topological polar surface area (TPSA) is 24.9 Å². The molecule has 0 saturated carbocycles. The van der Waals surface area contributed by atoms with Gasteiger partial charge in [0.1, 0.15) is 5.82 Å². The van der Waals surface area contributed by atoms with Crippen LogP contribution in [0.25, 0.3) is 11.3 Å². The second-order valence-corrected chi connectivity index (χ2v) is 3.80. The molecule has 2 nitrogen and oxygen atoms in total. The number of hydrogen-bond donors (Lipinski definition) is 1. The van der Waals surface area contributed by atoms with Crippen LogP contribution in [-0.2, 0) is 6.54 Å². The molecule has 0 spiro atoms. The van der Waals surface area contributed by atoms with E-state index >= 15 is 0 Å². The minimum Gasteiger partial charge on any atom is -0.313 e. The van der Waals surface area contributed by atoms with Crippen LogP contribution in [0, 0.1) is 5.82 Å². The molecular formula is C14H15FN2. The van der Waals surface area contributed by atoms with E-state index in [4.69, 9.17) is 0 Å². The van der Waals surface area contributed by atoms with Crippen LogP contribution in [0.1, 0.15) is 12.5 Å². The maximum atomic E-state index is 13.3. The van der Waals surface area contributed by atoms with Gasteiger partial charge in [0.05, 0.1) is 5.69 Å². The Bertz CT molecular complexity index is 483. The van der Waals surface area contributed by atoms with Crippen LogP contribution in [0.5, 0.6) is 0 Å². The molecule has 0 aliphatic carbocycles. The molecule has 0 fully saturated rings. The fourth-order valence-electron chi connectivity index (χ4n) is 1.72. The zero-order chi connectivity index (χ0) is 12.1. The minimum atomic E-state index is -0.231. The average molecular weight is 230 g/mol. The summed E-state index contributed by atoms with van der Waals surface area (Å²) in [5.74, 6) is -0.231. The van der Waals surface area contributed by atoms with Gasteiger partial charge in [0.15, 0.2) is 0 Å². The second-order valence-electron chi connectivity index (χ2n) is 3.80. The molecule has 0 aliphatic heterocycles. The van der Waals surface area contributed by atoms with E-state index in [0.29, 0.717) is 0 Å². The zero-order valence-corrected chi connectivity index (χ0v) is 9.78. The molecule has 17 heavy (non-hydrogen) atoms. The highest BCUT2D eigenvalue weighted by Crippen LogP contribution is 2.22. The lowest BCUT2D eigenvalue weighted by Gasteiger charge is -2.09. The van der Waals surface area contributed by atoms with Crippen LogP contribution >= 0.6 is 0 Å². The van der Waals surface area contributed by atoms with E-state index in [1.165, 1.54) is 12.1 Å². The van der Waals surface area contributed by atoms with Crippen molar-refractivity contribution in [3.8, 4) is 11.3 Å². The van der Waals surface area contributed by atoms with Crippen molar-refractivity contribution in [2.24, 2.45) is 0 Å². The molecule has 1 aromatic carbocycles. The SMILES string of the molecule is CCNCc1ccc(F)cc1-c1ccccn1. The quantitative estimate of drug-likeness (QED) is 0.873. The number of pyridine rings is 1. The van der Waals surface area contributed by atoms with Crippen LogP contribution in [0.4, 0.5) is 4.39 Å². The number of aromatic nitrogens is 1.